The summed E-state index contributed by atoms with van der Waals surface area (Å²) in [6.07, 6.45) is 34.9. The van der Waals surface area contributed by atoms with Gasteiger partial charge in [0.05, 0.1) is 37.1 Å². The average Bonchev–Trinajstić information content (AvgIpc) is 3.03. The first-order valence-electron chi connectivity index (χ1n) is 17.5. The van der Waals surface area contributed by atoms with Gasteiger partial charge in [-0.1, -0.05) is 151 Å². The van der Waals surface area contributed by atoms with Crippen molar-refractivity contribution in [2.75, 3.05) is 6.61 Å². The summed E-state index contributed by atoms with van der Waals surface area (Å²) < 4.78 is 0. The molecule has 0 aromatic rings. The summed E-state index contributed by atoms with van der Waals surface area (Å²) in [7, 11) is 0. The van der Waals surface area contributed by atoms with Crippen LogP contribution in [-0.2, 0) is 4.79 Å². The molecule has 1 amide bonds. The van der Waals surface area contributed by atoms with Crippen molar-refractivity contribution in [2.45, 2.75) is 153 Å². The largest absolute Gasteiger partial charge is 0.394 e. The van der Waals surface area contributed by atoms with E-state index >= 15 is 0 Å². The zero-order valence-electron chi connectivity index (χ0n) is 28.2. The molecule has 0 saturated heterocycles. The number of carbonyl (C=O) groups excluding carboxylic acids is 1. The van der Waals surface area contributed by atoms with Gasteiger partial charge in [-0.05, 0) is 38.5 Å². The minimum atomic E-state index is -1.06. The normalized spacial score (nSPS) is 16.2. The summed E-state index contributed by atoms with van der Waals surface area (Å²) in [5.41, 5.74) is 0. The molecule has 6 N–H and O–H groups in total. The van der Waals surface area contributed by atoms with Crippen LogP contribution >= 0.6 is 0 Å². The maximum absolute atomic E-state index is 12.3. The van der Waals surface area contributed by atoms with Crippen molar-refractivity contribution in [3.63, 3.8) is 0 Å². The van der Waals surface area contributed by atoms with Crippen molar-refractivity contribution in [1.82, 2.24) is 5.32 Å². The second-order valence-corrected chi connectivity index (χ2v) is 11.8. The highest BCUT2D eigenvalue weighted by atomic mass is 16.3. The molecule has 0 radical (unpaired) electrons. The van der Waals surface area contributed by atoms with E-state index in [9.17, 15) is 30.3 Å². The average molecular weight is 632 g/mol. The Bertz CT molecular complexity index is 862. The fourth-order valence-corrected chi connectivity index (χ4v) is 4.69. The van der Waals surface area contributed by atoms with Gasteiger partial charge in [0.15, 0.2) is 0 Å². The fourth-order valence-electron chi connectivity index (χ4n) is 4.69. The zero-order valence-corrected chi connectivity index (χ0v) is 28.2. The third kappa shape index (κ3) is 27.7. The van der Waals surface area contributed by atoms with Gasteiger partial charge in [-0.15, -0.1) is 0 Å². The quantitative estimate of drug-likeness (QED) is 0.0302. The molecule has 0 rings (SSSR count). The Morgan fingerprint density at radius 3 is 1.82 bits per heavy atom. The summed E-state index contributed by atoms with van der Waals surface area (Å²) in [4.78, 5) is 12.3. The summed E-state index contributed by atoms with van der Waals surface area (Å²) in [6, 6.07) is -0.783. The highest BCUT2D eigenvalue weighted by molar-refractivity contribution is 5.76. The SMILES string of the molecule is CC/C=C\C[C@H](O)/C=C/C=C/C=C\C=C/[C@@H](O)[C@H](O)CCCC(=O)N[C@@H](CO)[C@H](O)/C=C/CCCCCCCCCCCCC. The van der Waals surface area contributed by atoms with Gasteiger partial charge in [0.1, 0.15) is 0 Å². The van der Waals surface area contributed by atoms with Crippen LogP contribution < -0.4 is 5.32 Å². The number of unbranched alkanes of at least 4 members (excludes halogenated alkanes) is 11. The van der Waals surface area contributed by atoms with Crippen molar-refractivity contribution in [3.05, 3.63) is 72.9 Å². The molecule has 5 atom stereocenters. The molecule has 0 heterocycles. The molecular formula is C38H65NO6. The summed E-state index contributed by atoms with van der Waals surface area (Å²) in [5.74, 6) is -0.321. The lowest BCUT2D eigenvalue weighted by atomic mass is 10.0. The van der Waals surface area contributed by atoms with Crippen LogP contribution in [0.1, 0.15) is 123 Å². The highest BCUT2D eigenvalue weighted by Gasteiger charge is 2.19. The number of aliphatic hydroxyl groups excluding tert-OH is 5. The Hall–Kier alpha value is -2.29. The van der Waals surface area contributed by atoms with Crippen molar-refractivity contribution in [2.24, 2.45) is 0 Å². The monoisotopic (exact) mass is 631 g/mol. The topological polar surface area (TPSA) is 130 Å². The smallest absolute Gasteiger partial charge is 0.220 e. The molecule has 7 heteroatoms. The molecular weight excluding hydrogens is 566 g/mol. The minimum absolute atomic E-state index is 0.112. The third-order valence-corrected chi connectivity index (χ3v) is 7.54. The second kappa shape index (κ2) is 31.7. The molecule has 45 heavy (non-hydrogen) atoms. The van der Waals surface area contributed by atoms with Crippen LogP contribution in [0.3, 0.4) is 0 Å². The molecule has 0 aliphatic carbocycles. The molecule has 0 aliphatic rings. The maximum atomic E-state index is 12.3. The molecule has 258 valence electrons. The van der Waals surface area contributed by atoms with Crippen LogP contribution in [0.4, 0.5) is 0 Å². The van der Waals surface area contributed by atoms with E-state index in [1.165, 1.54) is 70.3 Å². The number of allylic oxidation sites excluding steroid dienone is 8. The molecule has 0 aromatic heterocycles. The van der Waals surface area contributed by atoms with E-state index in [1.54, 1.807) is 48.6 Å². The van der Waals surface area contributed by atoms with Crippen LogP contribution in [0.5, 0.6) is 0 Å². The number of aliphatic hydroxyl groups is 5. The molecule has 0 bridgehead atoms. The van der Waals surface area contributed by atoms with Gasteiger partial charge in [-0.25, -0.2) is 0 Å². The lowest BCUT2D eigenvalue weighted by Crippen LogP contribution is -2.45. The van der Waals surface area contributed by atoms with Crippen molar-refractivity contribution in [1.29, 1.82) is 0 Å². The van der Waals surface area contributed by atoms with E-state index in [4.69, 9.17) is 0 Å². The number of hydrogen-bond acceptors (Lipinski definition) is 6. The Labute approximate surface area is 274 Å². The van der Waals surface area contributed by atoms with E-state index < -0.39 is 30.5 Å². The van der Waals surface area contributed by atoms with Gasteiger partial charge < -0.3 is 30.8 Å². The zero-order chi connectivity index (χ0) is 33.4. The molecule has 0 aromatic carbocycles. The van der Waals surface area contributed by atoms with E-state index in [1.807, 2.05) is 25.2 Å². The van der Waals surface area contributed by atoms with Gasteiger partial charge in [0.25, 0.3) is 0 Å². The number of rotatable bonds is 29. The predicted octanol–water partition coefficient (Wildman–Crippen LogP) is 6.92. The summed E-state index contributed by atoms with van der Waals surface area (Å²) >= 11 is 0. The number of carbonyl (C=O) groups is 1. The number of amides is 1. The van der Waals surface area contributed by atoms with Crippen molar-refractivity contribution < 1.29 is 30.3 Å². The predicted molar refractivity (Wildman–Crippen MR) is 188 cm³/mol. The minimum Gasteiger partial charge on any atom is -0.394 e. The molecule has 0 aliphatic heterocycles. The Morgan fingerprint density at radius 2 is 1.22 bits per heavy atom. The van der Waals surface area contributed by atoms with E-state index in [2.05, 4.69) is 12.2 Å². The van der Waals surface area contributed by atoms with Crippen LogP contribution in [0.25, 0.3) is 0 Å². The first-order chi connectivity index (χ1) is 21.8. The Balaban J connectivity index is 4.11. The molecule has 0 fully saturated rings. The van der Waals surface area contributed by atoms with Crippen LogP contribution in [0.2, 0.25) is 0 Å². The maximum Gasteiger partial charge on any atom is 0.220 e. The molecule has 0 unspecified atom stereocenters. The van der Waals surface area contributed by atoms with Gasteiger partial charge in [0, 0.05) is 6.42 Å². The molecule has 7 nitrogen and oxygen atoms in total. The first-order valence-corrected chi connectivity index (χ1v) is 17.5. The van der Waals surface area contributed by atoms with E-state index in [0.29, 0.717) is 12.8 Å². The van der Waals surface area contributed by atoms with Crippen LogP contribution in [0.15, 0.2) is 72.9 Å². The van der Waals surface area contributed by atoms with Crippen molar-refractivity contribution in [3.8, 4) is 0 Å². The third-order valence-electron chi connectivity index (χ3n) is 7.54. The molecule has 0 saturated carbocycles. The van der Waals surface area contributed by atoms with Crippen LogP contribution in [0, 0.1) is 0 Å². The van der Waals surface area contributed by atoms with Gasteiger partial charge >= 0.3 is 0 Å². The lowest BCUT2D eigenvalue weighted by Gasteiger charge is -2.20. The van der Waals surface area contributed by atoms with Gasteiger partial charge in [-0.3, -0.25) is 4.79 Å². The van der Waals surface area contributed by atoms with Crippen LogP contribution in [-0.4, -0.2) is 68.5 Å². The summed E-state index contributed by atoms with van der Waals surface area (Å²) in [6.45, 7) is 3.92. The molecule has 0 spiro atoms. The number of hydrogen-bond donors (Lipinski definition) is 6. The fraction of sp³-hybridized carbons (Fsp3) is 0.658. The summed E-state index contributed by atoms with van der Waals surface area (Å²) in [5, 5.41) is 52.8. The van der Waals surface area contributed by atoms with E-state index in [-0.39, 0.29) is 25.4 Å². The first kappa shape index (κ1) is 42.7. The Kier molecular flexibility index (Phi) is 30.1. The van der Waals surface area contributed by atoms with E-state index in [0.717, 1.165) is 19.3 Å². The van der Waals surface area contributed by atoms with Gasteiger partial charge in [-0.2, -0.15) is 0 Å². The standard InChI is InChI=1S/C38H65NO6/c1-3-5-7-8-9-10-11-12-13-14-15-19-23-28-35(42)34(32-40)39-38(45)31-25-30-37(44)36(43)29-24-20-17-16-18-22-27-33(41)26-21-6-4-2/h6,16-18,20-24,27-29,33-37,40-44H,3-5,7-15,19,25-26,30-32H2,1-2H3,(H,39,45)/b18-16+,20-17-,21-6-,27-22+,28-23+,29-24-/t33-,34-,35+,36+,37+/m0/s1. The van der Waals surface area contributed by atoms with Crippen molar-refractivity contribution >= 4 is 5.91 Å². The second-order valence-electron chi connectivity index (χ2n) is 11.8. The number of nitrogens with one attached hydrogen (secondary N) is 1. The van der Waals surface area contributed by atoms with Gasteiger partial charge in [0.2, 0.25) is 5.91 Å². The Morgan fingerprint density at radius 1 is 0.644 bits per heavy atom. The highest BCUT2D eigenvalue weighted by Crippen LogP contribution is 2.12. The lowest BCUT2D eigenvalue weighted by molar-refractivity contribution is -0.123.